The van der Waals surface area contributed by atoms with E-state index in [-0.39, 0.29) is 11.2 Å². The lowest BCUT2D eigenvalue weighted by Crippen LogP contribution is -2.22. The minimum absolute atomic E-state index is 0.0889. The number of nitrogen functional groups attached to an aromatic ring is 1. The van der Waals surface area contributed by atoms with Gasteiger partial charge >= 0.3 is 0 Å². The van der Waals surface area contributed by atoms with Crippen LogP contribution in [0.5, 0.6) is 5.75 Å². The standard InChI is InChI=1S/C16H19N3O2S/c1-3-21-14-7-5-4-6-13(14)19-16(20)11(2)22-12-8-9-15(17)18-10-12/h4-11H,3H2,1-2H3,(H2,17,18)(H,19,20). The van der Waals surface area contributed by atoms with Crippen LogP contribution in [0.1, 0.15) is 13.8 Å². The molecule has 22 heavy (non-hydrogen) atoms. The maximum absolute atomic E-state index is 12.3. The smallest absolute Gasteiger partial charge is 0.237 e. The summed E-state index contributed by atoms with van der Waals surface area (Å²) in [7, 11) is 0. The Kier molecular flexibility index (Phi) is 5.66. The average molecular weight is 317 g/mol. The van der Waals surface area contributed by atoms with Gasteiger partial charge in [-0.3, -0.25) is 4.79 Å². The van der Waals surface area contributed by atoms with Gasteiger partial charge in [-0.2, -0.15) is 0 Å². The van der Waals surface area contributed by atoms with Crippen molar-refractivity contribution in [3.8, 4) is 5.75 Å². The molecule has 1 amide bonds. The van der Waals surface area contributed by atoms with E-state index in [1.165, 1.54) is 11.8 Å². The number of benzene rings is 1. The molecule has 1 atom stereocenters. The molecule has 1 aromatic carbocycles. The van der Waals surface area contributed by atoms with Crippen LogP contribution in [0.25, 0.3) is 0 Å². The summed E-state index contributed by atoms with van der Waals surface area (Å²) in [6.45, 7) is 4.30. The highest BCUT2D eigenvalue weighted by molar-refractivity contribution is 8.00. The molecule has 0 radical (unpaired) electrons. The molecule has 2 rings (SSSR count). The van der Waals surface area contributed by atoms with Crippen molar-refractivity contribution in [2.75, 3.05) is 17.7 Å². The second-order valence-corrected chi connectivity index (χ2v) is 6.01. The molecule has 0 spiro atoms. The minimum Gasteiger partial charge on any atom is -0.492 e. The number of para-hydroxylation sites is 2. The molecule has 0 aliphatic carbocycles. The van der Waals surface area contributed by atoms with Crippen LogP contribution in [-0.4, -0.2) is 22.7 Å². The zero-order valence-electron chi connectivity index (χ0n) is 12.6. The van der Waals surface area contributed by atoms with Crippen LogP contribution in [-0.2, 0) is 4.79 Å². The van der Waals surface area contributed by atoms with Crippen molar-refractivity contribution < 1.29 is 9.53 Å². The number of nitrogens with zero attached hydrogens (tertiary/aromatic N) is 1. The van der Waals surface area contributed by atoms with Crippen molar-refractivity contribution in [1.82, 2.24) is 4.98 Å². The Morgan fingerprint density at radius 1 is 1.36 bits per heavy atom. The second kappa shape index (κ2) is 7.70. The fraction of sp³-hybridized carbons (Fsp3) is 0.250. The molecule has 1 heterocycles. The maximum Gasteiger partial charge on any atom is 0.237 e. The maximum atomic E-state index is 12.3. The lowest BCUT2D eigenvalue weighted by atomic mass is 10.3. The summed E-state index contributed by atoms with van der Waals surface area (Å²) in [6, 6.07) is 11.0. The molecule has 5 nitrogen and oxygen atoms in total. The summed E-state index contributed by atoms with van der Waals surface area (Å²) in [5, 5.41) is 2.63. The zero-order chi connectivity index (χ0) is 15.9. The van der Waals surface area contributed by atoms with Crippen LogP contribution in [0.2, 0.25) is 0 Å². The van der Waals surface area contributed by atoms with Gasteiger partial charge in [0.15, 0.2) is 0 Å². The number of amides is 1. The van der Waals surface area contributed by atoms with Crippen molar-refractivity contribution in [3.05, 3.63) is 42.6 Å². The van der Waals surface area contributed by atoms with E-state index in [0.29, 0.717) is 23.9 Å². The van der Waals surface area contributed by atoms with Gasteiger partial charge in [0, 0.05) is 11.1 Å². The molecule has 116 valence electrons. The first-order valence-electron chi connectivity index (χ1n) is 7.01. The van der Waals surface area contributed by atoms with Crippen LogP contribution in [0.15, 0.2) is 47.5 Å². The number of carbonyl (C=O) groups excluding carboxylic acids is 1. The molecule has 0 bridgehead atoms. The van der Waals surface area contributed by atoms with Gasteiger partial charge in [-0.05, 0) is 38.1 Å². The highest BCUT2D eigenvalue weighted by Crippen LogP contribution is 2.27. The van der Waals surface area contributed by atoms with Gasteiger partial charge in [0.25, 0.3) is 0 Å². The number of aromatic nitrogens is 1. The number of hydrogen-bond acceptors (Lipinski definition) is 5. The Morgan fingerprint density at radius 3 is 2.82 bits per heavy atom. The highest BCUT2D eigenvalue weighted by Gasteiger charge is 2.16. The Hall–Kier alpha value is -2.21. The van der Waals surface area contributed by atoms with E-state index >= 15 is 0 Å². The van der Waals surface area contributed by atoms with Crippen molar-refractivity contribution in [1.29, 1.82) is 0 Å². The Balaban J connectivity index is 2.01. The Morgan fingerprint density at radius 2 is 2.14 bits per heavy atom. The molecule has 2 aromatic rings. The molecular formula is C16H19N3O2S. The summed E-state index contributed by atoms with van der Waals surface area (Å²) in [5.74, 6) is 1.05. The molecule has 0 aliphatic rings. The second-order valence-electron chi connectivity index (χ2n) is 4.60. The lowest BCUT2D eigenvalue weighted by Gasteiger charge is -2.14. The summed E-state index contributed by atoms with van der Waals surface area (Å²) in [4.78, 5) is 17.2. The number of rotatable bonds is 6. The first kappa shape index (κ1) is 16.2. The molecule has 3 N–H and O–H groups in total. The van der Waals surface area contributed by atoms with Crippen LogP contribution in [0, 0.1) is 0 Å². The summed E-state index contributed by atoms with van der Waals surface area (Å²) >= 11 is 1.43. The number of pyridine rings is 1. The molecule has 0 fully saturated rings. The van der Waals surface area contributed by atoms with Crippen LogP contribution in [0.3, 0.4) is 0 Å². The van der Waals surface area contributed by atoms with E-state index in [0.717, 1.165) is 4.90 Å². The quantitative estimate of drug-likeness (QED) is 0.800. The third kappa shape index (κ3) is 4.39. The number of ether oxygens (including phenoxy) is 1. The van der Waals surface area contributed by atoms with Gasteiger partial charge in [0.2, 0.25) is 5.91 Å². The highest BCUT2D eigenvalue weighted by atomic mass is 32.2. The Bertz CT molecular complexity index is 632. The van der Waals surface area contributed by atoms with Gasteiger partial charge in [-0.15, -0.1) is 11.8 Å². The van der Waals surface area contributed by atoms with Gasteiger partial charge in [-0.25, -0.2) is 4.98 Å². The first-order chi connectivity index (χ1) is 10.6. The molecule has 1 aromatic heterocycles. The third-order valence-electron chi connectivity index (χ3n) is 2.89. The minimum atomic E-state index is -0.264. The number of carbonyl (C=O) groups is 1. The van der Waals surface area contributed by atoms with Gasteiger partial charge in [0.05, 0.1) is 17.5 Å². The van der Waals surface area contributed by atoms with E-state index in [1.54, 1.807) is 12.3 Å². The predicted octanol–water partition coefficient (Wildman–Crippen LogP) is 3.18. The number of thioether (sulfide) groups is 1. The number of nitrogens with one attached hydrogen (secondary N) is 1. The largest absolute Gasteiger partial charge is 0.492 e. The van der Waals surface area contributed by atoms with Crippen LogP contribution < -0.4 is 15.8 Å². The fourth-order valence-electron chi connectivity index (χ4n) is 1.80. The molecular weight excluding hydrogens is 298 g/mol. The van der Waals surface area contributed by atoms with Crippen molar-refractivity contribution in [2.24, 2.45) is 0 Å². The van der Waals surface area contributed by atoms with E-state index in [2.05, 4.69) is 10.3 Å². The summed E-state index contributed by atoms with van der Waals surface area (Å²) < 4.78 is 5.50. The summed E-state index contributed by atoms with van der Waals surface area (Å²) in [5.41, 5.74) is 6.23. The first-order valence-corrected chi connectivity index (χ1v) is 7.89. The molecule has 6 heteroatoms. The monoisotopic (exact) mass is 317 g/mol. The molecule has 1 unspecified atom stereocenters. The van der Waals surface area contributed by atoms with Crippen molar-refractivity contribution in [2.45, 2.75) is 24.0 Å². The number of hydrogen-bond donors (Lipinski definition) is 2. The van der Waals surface area contributed by atoms with Crippen molar-refractivity contribution in [3.63, 3.8) is 0 Å². The van der Waals surface area contributed by atoms with Gasteiger partial charge in [0.1, 0.15) is 11.6 Å². The third-order valence-corrected chi connectivity index (χ3v) is 3.97. The molecule has 0 saturated carbocycles. The average Bonchev–Trinajstić information content (AvgIpc) is 2.51. The number of anilines is 2. The van der Waals surface area contributed by atoms with Crippen LogP contribution >= 0.6 is 11.8 Å². The number of nitrogens with two attached hydrogens (primary N) is 1. The van der Waals surface area contributed by atoms with Gasteiger partial charge in [-0.1, -0.05) is 12.1 Å². The van der Waals surface area contributed by atoms with E-state index in [9.17, 15) is 4.79 Å². The lowest BCUT2D eigenvalue weighted by molar-refractivity contribution is -0.115. The fourth-order valence-corrected chi connectivity index (χ4v) is 2.64. The predicted molar refractivity (Wildman–Crippen MR) is 90.2 cm³/mol. The van der Waals surface area contributed by atoms with Gasteiger partial charge < -0.3 is 15.8 Å². The Labute approximate surface area is 134 Å². The molecule has 0 saturated heterocycles. The van der Waals surface area contributed by atoms with E-state index in [1.807, 2.05) is 44.2 Å². The summed E-state index contributed by atoms with van der Waals surface area (Å²) in [6.07, 6.45) is 1.66. The van der Waals surface area contributed by atoms with Crippen molar-refractivity contribution >= 4 is 29.2 Å². The van der Waals surface area contributed by atoms with E-state index in [4.69, 9.17) is 10.5 Å². The topological polar surface area (TPSA) is 77.2 Å². The molecule has 0 aliphatic heterocycles. The SMILES string of the molecule is CCOc1ccccc1NC(=O)C(C)Sc1ccc(N)nc1. The van der Waals surface area contributed by atoms with E-state index < -0.39 is 0 Å². The van der Waals surface area contributed by atoms with Crippen LogP contribution in [0.4, 0.5) is 11.5 Å². The normalized spacial score (nSPS) is 11.7. The zero-order valence-corrected chi connectivity index (χ0v) is 13.4.